The fraction of sp³-hybridized carbons (Fsp3) is 0.0392. The molecule has 11 aromatic rings. The smallest absolute Gasteiger partial charge is 0.164 e. The van der Waals surface area contributed by atoms with E-state index in [4.69, 9.17) is 19.4 Å². The van der Waals surface area contributed by atoms with Gasteiger partial charge in [-0.1, -0.05) is 115 Å². The number of hydrogen-bond acceptors (Lipinski definition) is 4. The van der Waals surface area contributed by atoms with Gasteiger partial charge in [-0.25, -0.2) is 15.0 Å². The summed E-state index contributed by atoms with van der Waals surface area (Å²) in [6.45, 7) is 0. The zero-order valence-electron chi connectivity index (χ0n) is 30.8. The maximum absolute atomic E-state index is 6.53. The normalized spacial score (nSPS) is 12.7. The Morgan fingerprint density at radius 2 is 0.982 bits per heavy atom. The highest BCUT2D eigenvalue weighted by molar-refractivity contribution is 6.20. The van der Waals surface area contributed by atoms with Crippen LogP contribution in [0.1, 0.15) is 17.7 Å². The standard InChI is InChI=1S/C51H33N5O/c1-4-15-32(16-5-1)49-52-50(33-17-6-2-7-18-33)54-51(53-49)34-19-14-22-36(27-34)56-44-29-42-38-24-11-13-26-47(38)57-48(42)30-41(44)40-28-39-37-23-10-12-25-43(37)55(45(39)31-46(40)56)35-20-8-3-9-21-35/h1-10,12-23,25-31H,11,24H2. The lowest BCUT2D eigenvalue weighted by molar-refractivity contribution is 0.596. The number of aromatic nitrogens is 5. The Bertz CT molecular complexity index is 3330. The number of para-hydroxylation sites is 2. The monoisotopic (exact) mass is 731 g/mol. The van der Waals surface area contributed by atoms with Crippen molar-refractivity contribution in [2.75, 3.05) is 0 Å². The van der Waals surface area contributed by atoms with Gasteiger partial charge in [0.15, 0.2) is 17.5 Å². The fourth-order valence-corrected chi connectivity index (χ4v) is 8.80. The molecule has 0 fully saturated rings. The van der Waals surface area contributed by atoms with Crippen LogP contribution in [-0.2, 0) is 6.42 Å². The van der Waals surface area contributed by atoms with Crippen LogP contribution >= 0.6 is 0 Å². The highest BCUT2D eigenvalue weighted by atomic mass is 16.3. The van der Waals surface area contributed by atoms with Crippen LogP contribution in [0, 0.1) is 0 Å². The van der Waals surface area contributed by atoms with Gasteiger partial charge in [-0.05, 0) is 73.5 Å². The van der Waals surface area contributed by atoms with Gasteiger partial charge in [0.1, 0.15) is 11.3 Å². The first-order chi connectivity index (χ1) is 28.2. The summed E-state index contributed by atoms with van der Waals surface area (Å²) in [5.41, 5.74) is 11.7. The van der Waals surface area contributed by atoms with Crippen LogP contribution in [0.4, 0.5) is 0 Å². The number of furan rings is 1. The van der Waals surface area contributed by atoms with Crippen LogP contribution in [0.3, 0.4) is 0 Å². The third-order valence-corrected chi connectivity index (χ3v) is 11.4. The van der Waals surface area contributed by atoms with E-state index < -0.39 is 0 Å². The summed E-state index contributed by atoms with van der Waals surface area (Å²) in [5, 5.41) is 5.92. The highest BCUT2D eigenvalue weighted by Gasteiger charge is 2.23. The Morgan fingerprint density at radius 3 is 1.72 bits per heavy atom. The first-order valence-electron chi connectivity index (χ1n) is 19.4. The summed E-state index contributed by atoms with van der Waals surface area (Å²) in [4.78, 5) is 15.1. The summed E-state index contributed by atoms with van der Waals surface area (Å²) < 4.78 is 11.3. The van der Waals surface area contributed by atoms with E-state index in [1.807, 2.05) is 60.7 Å². The predicted molar refractivity (Wildman–Crippen MR) is 232 cm³/mol. The summed E-state index contributed by atoms with van der Waals surface area (Å²) in [5.74, 6) is 2.86. The molecular formula is C51H33N5O. The Hall–Kier alpha value is -7.57. The van der Waals surface area contributed by atoms with Crippen LogP contribution in [-0.4, -0.2) is 24.1 Å². The quantitative estimate of drug-likeness (QED) is 0.177. The minimum absolute atomic E-state index is 0.620. The zero-order chi connectivity index (χ0) is 37.5. The van der Waals surface area contributed by atoms with Gasteiger partial charge >= 0.3 is 0 Å². The Kier molecular flexibility index (Phi) is 6.95. The first kappa shape index (κ1) is 31.7. The summed E-state index contributed by atoms with van der Waals surface area (Å²) in [6, 6.07) is 57.6. The Balaban J connectivity index is 1.15. The topological polar surface area (TPSA) is 61.7 Å². The number of allylic oxidation sites excluding steroid dienone is 1. The van der Waals surface area contributed by atoms with Crippen molar-refractivity contribution in [1.29, 1.82) is 0 Å². The van der Waals surface area contributed by atoms with Gasteiger partial charge in [-0.2, -0.15) is 0 Å². The molecule has 0 radical (unpaired) electrons. The van der Waals surface area contributed by atoms with E-state index >= 15 is 0 Å². The van der Waals surface area contributed by atoms with E-state index in [9.17, 15) is 0 Å². The van der Waals surface area contributed by atoms with E-state index in [1.54, 1.807) is 0 Å². The molecule has 4 aromatic heterocycles. The fourth-order valence-electron chi connectivity index (χ4n) is 8.80. The zero-order valence-corrected chi connectivity index (χ0v) is 30.8. The summed E-state index contributed by atoms with van der Waals surface area (Å²) >= 11 is 0. The molecule has 7 aromatic carbocycles. The van der Waals surface area contributed by atoms with Gasteiger partial charge < -0.3 is 13.6 Å². The largest absolute Gasteiger partial charge is 0.456 e. The number of benzene rings is 7. The molecule has 0 aliphatic heterocycles. The summed E-state index contributed by atoms with van der Waals surface area (Å²) in [7, 11) is 0. The van der Waals surface area contributed by atoms with E-state index in [0.29, 0.717) is 17.5 Å². The molecule has 0 spiro atoms. The van der Waals surface area contributed by atoms with Crippen LogP contribution in [0.2, 0.25) is 0 Å². The molecule has 1 aliphatic rings. The van der Waals surface area contributed by atoms with E-state index in [2.05, 4.69) is 124 Å². The second kappa shape index (κ2) is 12.5. The first-order valence-corrected chi connectivity index (χ1v) is 19.4. The van der Waals surface area contributed by atoms with Crippen molar-refractivity contribution in [2.24, 2.45) is 0 Å². The van der Waals surface area contributed by atoms with Crippen LogP contribution < -0.4 is 0 Å². The average Bonchev–Trinajstić information content (AvgIpc) is 3.92. The molecular weight excluding hydrogens is 699 g/mol. The number of hydrogen-bond donors (Lipinski definition) is 0. The molecule has 0 bridgehead atoms. The third kappa shape index (κ3) is 5.00. The van der Waals surface area contributed by atoms with Crippen molar-refractivity contribution in [2.45, 2.75) is 12.8 Å². The van der Waals surface area contributed by atoms with Gasteiger partial charge in [0.05, 0.1) is 22.1 Å². The van der Waals surface area contributed by atoms with Crippen molar-refractivity contribution in [3.8, 4) is 45.5 Å². The lowest BCUT2D eigenvalue weighted by Crippen LogP contribution is -2.01. The predicted octanol–water partition coefficient (Wildman–Crippen LogP) is 12.8. The van der Waals surface area contributed by atoms with Gasteiger partial charge in [0, 0.05) is 60.6 Å². The maximum Gasteiger partial charge on any atom is 0.164 e. The molecule has 0 saturated heterocycles. The number of rotatable bonds is 5. The molecule has 0 unspecified atom stereocenters. The Morgan fingerprint density at radius 1 is 0.421 bits per heavy atom. The summed E-state index contributed by atoms with van der Waals surface area (Å²) in [6.07, 6.45) is 6.31. The van der Waals surface area contributed by atoms with Crippen molar-refractivity contribution < 1.29 is 4.42 Å². The number of aryl methyl sites for hydroxylation is 1. The third-order valence-electron chi connectivity index (χ3n) is 11.4. The van der Waals surface area contributed by atoms with Crippen LogP contribution in [0.15, 0.2) is 174 Å². The molecule has 0 amide bonds. The minimum Gasteiger partial charge on any atom is -0.456 e. The van der Waals surface area contributed by atoms with E-state index in [-0.39, 0.29) is 0 Å². The molecule has 4 heterocycles. The SMILES string of the molecule is C1=Cc2oc3cc4c5cc6c7ccccc7n(-c7ccccc7)c6cc5n(-c5cccc(-c6nc(-c7ccccc7)nc(-c7ccccc7)n6)c5)c4cc3c2CC1. The van der Waals surface area contributed by atoms with Gasteiger partial charge in [0.25, 0.3) is 0 Å². The van der Waals surface area contributed by atoms with Crippen molar-refractivity contribution >= 4 is 60.7 Å². The lowest BCUT2D eigenvalue weighted by Gasteiger charge is -2.12. The molecule has 268 valence electrons. The molecule has 0 N–H and O–H groups in total. The van der Waals surface area contributed by atoms with Crippen molar-refractivity contribution in [3.05, 3.63) is 181 Å². The highest BCUT2D eigenvalue weighted by Crippen LogP contribution is 2.43. The van der Waals surface area contributed by atoms with Crippen molar-refractivity contribution in [1.82, 2.24) is 24.1 Å². The number of fused-ring (bicyclic) bond motifs is 9. The van der Waals surface area contributed by atoms with E-state index in [0.717, 1.165) is 74.2 Å². The minimum atomic E-state index is 0.620. The van der Waals surface area contributed by atoms with Gasteiger partial charge in [-0.3, -0.25) is 0 Å². The van der Waals surface area contributed by atoms with Crippen LogP contribution in [0.5, 0.6) is 0 Å². The van der Waals surface area contributed by atoms with Gasteiger partial charge in [0.2, 0.25) is 0 Å². The molecule has 0 atom stereocenters. The molecule has 0 saturated carbocycles. The number of nitrogens with zero attached hydrogens (tertiary/aromatic N) is 5. The molecule has 12 rings (SSSR count). The van der Waals surface area contributed by atoms with E-state index in [1.165, 1.54) is 32.6 Å². The van der Waals surface area contributed by atoms with Crippen LogP contribution in [0.25, 0.3) is 106 Å². The average molecular weight is 732 g/mol. The molecule has 1 aliphatic carbocycles. The van der Waals surface area contributed by atoms with Crippen molar-refractivity contribution in [3.63, 3.8) is 0 Å². The molecule has 6 heteroatoms. The second-order valence-corrected chi connectivity index (χ2v) is 14.8. The second-order valence-electron chi connectivity index (χ2n) is 14.8. The van der Waals surface area contributed by atoms with Gasteiger partial charge in [-0.15, -0.1) is 0 Å². The maximum atomic E-state index is 6.53. The molecule has 57 heavy (non-hydrogen) atoms. The molecule has 6 nitrogen and oxygen atoms in total. The lowest BCUT2D eigenvalue weighted by atomic mass is 10.00. The Labute approximate surface area is 327 Å².